The maximum absolute atomic E-state index is 13.1. The summed E-state index contributed by atoms with van der Waals surface area (Å²) in [4.78, 5) is 40.9. The number of aromatic nitrogens is 1. The maximum atomic E-state index is 13.1. The predicted octanol–water partition coefficient (Wildman–Crippen LogP) is 3.12. The molecule has 1 amide bonds. The minimum atomic E-state index is -0.813. The van der Waals surface area contributed by atoms with Crippen molar-refractivity contribution in [2.75, 3.05) is 13.7 Å². The number of rotatable bonds is 8. The zero-order valence-electron chi connectivity index (χ0n) is 16.7. The van der Waals surface area contributed by atoms with Crippen molar-refractivity contribution in [2.24, 2.45) is 5.92 Å². The minimum absolute atomic E-state index is 0.135. The third-order valence-electron chi connectivity index (χ3n) is 4.39. The number of nitrogens with zero attached hydrogens (tertiary/aromatic N) is 1. The number of esters is 2. The van der Waals surface area contributed by atoms with Gasteiger partial charge in [-0.05, 0) is 37.1 Å². The Hall–Kier alpha value is -2.81. The van der Waals surface area contributed by atoms with E-state index in [2.05, 4.69) is 10.3 Å². The molecule has 1 aromatic carbocycles. The van der Waals surface area contributed by atoms with Gasteiger partial charge in [-0.3, -0.25) is 4.79 Å². The number of halogens is 1. The van der Waals surface area contributed by atoms with Gasteiger partial charge in [0, 0.05) is 5.56 Å². The van der Waals surface area contributed by atoms with Gasteiger partial charge in [-0.1, -0.05) is 20.3 Å². The summed E-state index contributed by atoms with van der Waals surface area (Å²) < 4.78 is 22.9. The summed E-state index contributed by atoms with van der Waals surface area (Å²) in [5, 5.41) is 3.08. The molecule has 7 nitrogen and oxygen atoms in total. The van der Waals surface area contributed by atoms with Gasteiger partial charge in [0.05, 0.1) is 12.8 Å². The molecule has 0 saturated carbocycles. The quantitative estimate of drug-likeness (QED) is 0.657. The number of aryl methyl sites for hydroxylation is 1. The molecule has 0 aliphatic heterocycles. The summed E-state index contributed by atoms with van der Waals surface area (Å²) in [6.45, 7) is 4.81. The highest BCUT2D eigenvalue weighted by molar-refractivity contribution is 7.17. The minimum Gasteiger partial charge on any atom is -0.467 e. The number of ether oxygens (including phenoxy) is 2. The van der Waals surface area contributed by atoms with Crippen LogP contribution in [0.1, 0.15) is 35.6 Å². The van der Waals surface area contributed by atoms with Crippen LogP contribution in [0.25, 0.3) is 10.6 Å². The van der Waals surface area contributed by atoms with Crippen molar-refractivity contribution in [3.05, 3.63) is 40.7 Å². The molecule has 0 bridgehead atoms. The molecule has 0 fully saturated rings. The molecule has 0 aliphatic rings. The molecule has 0 saturated heterocycles. The van der Waals surface area contributed by atoms with E-state index >= 15 is 0 Å². The van der Waals surface area contributed by atoms with Crippen molar-refractivity contribution in [3.8, 4) is 10.6 Å². The van der Waals surface area contributed by atoms with Crippen LogP contribution in [0, 0.1) is 18.7 Å². The van der Waals surface area contributed by atoms with Crippen LogP contribution in [0.2, 0.25) is 0 Å². The van der Waals surface area contributed by atoms with E-state index in [1.807, 2.05) is 13.8 Å². The van der Waals surface area contributed by atoms with Gasteiger partial charge in [0.15, 0.2) is 6.61 Å². The first kappa shape index (κ1) is 22.5. The number of benzene rings is 1. The first-order chi connectivity index (χ1) is 13.8. The lowest BCUT2D eigenvalue weighted by atomic mass is 9.99. The number of hydrogen-bond acceptors (Lipinski definition) is 7. The third-order valence-corrected chi connectivity index (χ3v) is 5.58. The summed E-state index contributed by atoms with van der Waals surface area (Å²) in [6, 6.07) is 4.94. The molecule has 29 heavy (non-hydrogen) atoms. The van der Waals surface area contributed by atoms with Gasteiger partial charge < -0.3 is 14.8 Å². The first-order valence-electron chi connectivity index (χ1n) is 9.04. The molecule has 0 spiro atoms. The van der Waals surface area contributed by atoms with Gasteiger partial charge in [0.1, 0.15) is 21.7 Å². The van der Waals surface area contributed by atoms with Crippen LogP contribution in [-0.2, 0) is 19.1 Å². The number of thiazole rings is 1. The van der Waals surface area contributed by atoms with Gasteiger partial charge in [-0.2, -0.15) is 0 Å². The molecule has 156 valence electrons. The molecular weight excluding hydrogens is 399 g/mol. The molecule has 0 unspecified atom stereocenters. The Morgan fingerprint density at radius 2 is 1.90 bits per heavy atom. The van der Waals surface area contributed by atoms with Crippen molar-refractivity contribution in [2.45, 2.75) is 33.2 Å². The highest BCUT2D eigenvalue weighted by Crippen LogP contribution is 2.28. The zero-order valence-corrected chi connectivity index (χ0v) is 17.5. The van der Waals surface area contributed by atoms with Crippen molar-refractivity contribution < 1.29 is 28.2 Å². The van der Waals surface area contributed by atoms with E-state index in [1.165, 1.54) is 19.2 Å². The van der Waals surface area contributed by atoms with Crippen LogP contribution in [0.3, 0.4) is 0 Å². The van der Waals surface area contributed by atoms with Crippen molar-refractivity contribution >= 4 is 29.2 Å². The monoisotopic (exact) mass is 422 g/mol. The van der Waals surface area contributed by atoms with Gasteiger partial charge in [-0.25, -0.2) is 19.0 Å². The fraction of sp³-hybridized carbons (Fsp3) is 0.400. The molecule has 2 rings (SSSR count). The summed E-state index contributed by atoms with van der Waals surface area (Å²) in [7, 11) is 1.25. The van der Waals surface area contributed by atoms with Gasteiger partial charge in [0.2, 0.25) is 0 Å². The van der Waals surface area contributed by atoms with E-state index in [0.717, 1.165) is 11.3 Å². The number of methoxy groups -OCH3 is 1. The third kappa shape index (κ3) is 5.83. The van der Waals surface area contributed by atoms with E-state index < -0.39 is 30.5 Å². The van der Waals surface area contributed by atoms with Crippen LogP contribution in [0.4, 0.5) is 4.39 Å². The van der Waals surface area contributed by atoms with Gasteiger partial charge in [-0.15, -0.1) is 11.3 Å². The topological polar surface area (TPSA) is 94.6 Å². The van der Waals surface area contributed by atoms with Gasteiger partial charge >= 0.3 is 11.9 Å². The van der Waals surface area contributed by atoms with Crippen molar-refractivity contribution in [1.29, 1.82) is 0 Å². The van der Waals surface area contributed by atoms with E-state index in [1.54, 1.807) is 19.1 Å². The van der Waals surface area contributed by atoms with Crippen LogP contribution in [0.5, 0.6) is 0 Å². The Kier molecular flexibility index (Phi) is 7.83. The maximum Gasteiger partial charge on any atom is 0.350 e. The molecule has 1 aromatic heterocycles. The normalized spacial score (nSPS) is 12.7. The van der Waals surface area contributed by atoms with Crippen LogP contribution in [-0.4, -0.2) is 42.6 Å². The van der Waals surface area contributed by atoms with E-state index in [-0.39, 0.29) is 16.6 Å². The Balaban J connectivity index is 2.00. The summed E-state index contributed by atoms with van der Waals surface area (Å²) in [6.07, 6.45) is 0.659. The average molecular weight is 422 g/mol. The molecule has 1 N–H and O–H groups in total. The fourth-order valence-corrected chi connectivity index (χ4v) is 3.48. The Morgan fingerprint density at radius 1 is 1.24 bits per heavy atom. The number of carbonyl (C=O) groups excluding carboxylic acids is 3. The number of carbonyl (C=O) groups is 3. The molecule has 2 atom stereocenters. The molecular formula is C20H23FN2O5S. The summed E-state index contributed by atoms with van der Waals surface area (Å²) >= 11 is 1.10. The zero-order chi connectivity index (χ0) is 21.6. The van der Waals surface area contributed by atoms with E-state index in [0.29, 0.717) is 22.7 Å². The molecule has 0 radical (unpaired) electrons. The van der Waals surface area contributed by atoms with E-state index in [4.69, 9.17) is 9.47 Å². The number of hydrogen-bond donors (Lipinski definition) is 1. The number of amides is 1. The lowest BCUT2D eigenvalue weighted by Gasteiger charge is -2.21. The van der Waals surface area contributed by atoms with Gasteiger partial charge in [0.25, 0.3) is 5.91 Å². The average Bonchev–Trinajstić information content (AvgIpc) is 3.11. The van der Waals surface area contributed by atoms with Crippen LogP contribution in [0.15, 0.2) is 24.3 Å². The van der Waals surface area contributed by atoms with Crippen molar-refractivity contribution in [1.82, 2.24) is 10.3 Å². The Morgan fingerprint density at radius 3 is 2.48 bits per heavy atom. The second-order valence-corrected chi connectivity index (χ2v) is 7.47. The standard InChI is InChI=1S/C20H23FN2O5S/c1-5-11(2)16(19(25)27-4)23-15(24)10-28-20(26)17-12(3)22-18(29-17)13-6-8-14(21)9-7-13/h6-9,11,16H,5,10H2,1-4H3,(H,23,24)/t11-,16+/m0/s1. The first-order valence-corrected chi connectivity index (χ1v) is 9.86. The molecule has 9 heteroatoms. The highest BCUT2D eigenvalue weighted by Gasteiger charge is 2.27. The lowest BCUT2D eigenvalue weighted by molar-refractivity contribution is -0.147. The Bertz CT molecular complexity index is 881. The highest BCUT2D eigenvalue weighted by atomic mass is 32.1. The second-order valence-electron chi connectivity index (χ2n) is 6.47. The smallest absolute Gasteiger partial charge is 0.350 e. The SMILES string of the molecule is CC[C@H](C)[C@@H](NC(=O)COC(=O)c1sc(-c2ccc(F)cc2)nc1C)C(=O)OC. The summed E-state index contributed by atoms with van der Waals surface area (Å²) in [5.41, 5.74) is 1.12. The van der Waals surface area contributed by atoms with E-state index in [9.17, 15) is 18.8 Å². The van der Waals surface area contributed by atoms with Crippen molar-refractivity contribution in [3.63, 3.8) is 0 Å². The molecule has 1 heterocycles. The molecule has 0 aliphatic carbocycles. The number of nitrogens with one attached hydrogen (secondary N) is 1. The fourth-order valence-electron chi connectivity index (χ4n) is 2.51. The second kappa shape index (κ2) is 10.1. The molecule has 2 aromatic rings. The lowest BCUT2D eigenvalue weighted by Crippen LogP contribution is -2.47. The van der Waals surface area contributed by atoms with Crippen LogP contribution < -0.4 is 5.32 Å². The van der Waals surface area contributed by atoms with Crippen LogP contribution >= 0.6 is 11.3 Å². The predicted molar refractivity (Wildman–Crippen MR) is 106 cm³/mol. The Labute approximate surface area is 172 Å². The summed E-state index contributed by atoms with van der Waals surface area (Å²) in [5.74, 6) is -2.35. The largest absolute Gasteiger partial charge is 0.467 e.